The van der Waals surface area contributed by atoms with Crippen LogP contribution in [0.25, 0.3) is 0 Å². The molecule has 0 aromatic rings. The minimum absolute atomic E-state index is 0.0235. The highest BCUT2D eigenvalue weighted by Gasteiger charge is 2.37. The third kappa shape index (κ3) is 2.19. The quantitative estimate of drug-likeness (QED) is 0.706. The number of rotatable bonds is 2. The summed E-state index contributed by atoms with van der Waals surface area (Å²) >= 11 is 0. The minimum Gasteiger partial charge on any atom is -0.480 e. The van der Waals surface area contributed by atoms with Crippen LogP contribution in [0.3, 0.4) is 0 Å². The molecule has 0 unspecified atom stereocenters. The molecular weight excluding hydrogens is 208 g/mol. The van der Waals surface area contributed by atoms with Crippen LogP contribution < -0.4 is 5.32 Å². The van der Waals surface area contributed by atoms with Gasteiger partial charge in [-0.3, -0.25) is 4.79 Å². The zero-order chi connectivity index (χ0) is 11.5. The summed E-state index contributed by atoms with van der Waals surface area (Å²) in [7, 11) is 0. The Labute approximate surface area is 94.8 Å². The lowest BCUT2D eigenvalue weighted by atomic mass is 10.0. The Hall–Kier alpha value is -1.10. The average molecular weight is 226 g/mol. The second kappa shape index (κ2) is 4.82. The maximum absolute atomic E-state index is 12.1. The summed E-state index contributed by atoms with van der Waals surface area (Å²) in [6.45, 7) is 1.45. The van der Waals surface area contributed by atoms with Crippen molar-refractivity contribution in [2.75, 3.05) is 13.1 Å². The van der Waals surface area contributed by atoms with E-state index in [2.05, 4.69) is 5.32 Å². The van der Waals surface area contributed by atoms with Gasteiger partial charge in [-0.05, 0) is 32.2 Å². The molecule has 0 aromatic carbocycles. The van der Waals surface area contributed by atoms with E-state index in [0.29, 0.717) is 13.0 Å². The van der Waals surface area contributed by atoms with Gasteiger partial charge in [-0.15, -0.1) is 0 Å². The van der Waals surface area contributed by atoms with Crippen LogP contribution in [-0.4, -0.2) is 47.1 Å². The number of likely N-dealkylation sites (tertiary alicyclic amines) is 1. The normalized spacial score (nSPS) is 30.4. The molecule has 2 rings (SSSR count). The molecule has 0 aliphatic carbocycles. The standard InChI is InChI=1S/C11H18N2O3/c14-10(8-4-1-2-6-12-8)13-7-3-5-9(13)11(15)16/h8-9,12H,1-7H2,(H,15,16)/t8-,9+/m0/s1. The summed E-state index contributed by atoms with van der Waals surface area (Å²) in [5, 5.41) is 12.2. The van der Waals surface area contributed by atoms with Gasteiger partial charge in [0.2, 0.25) is 5.91 Å². The summed E-state index contributed by atoms with van der Waals surface area (Å²) in [5.74, 6) is -0.897. The molecule has 2 fully saturated rings. The first-order valence-electron chi connectivity index (χ1n) is 5.97. The van der Waals surface area contributed by atoms with Gasteiger partial charge in [-0.2, -0.15) is 0 Å². The van der Waals surface area contributed by atoms with Gasteiger partial charge in [0.05, 0.1) is 6.04 Å². The second-order valence-corrected chi connectivity index (χ2v) is 4.53. The summed E-state index contributed by atoms with van der Waals surface area (Å²) in [6.07, 6.45) is 4.38. The molecule has 2 aliphatic rings. The highest BCUT2D eigenvalue weighted by molar-refractivity contribution is 5.87. The third-order valence-electron chi connectivity index (χ3n) is 3.43. The zero-order valence-electron chi connectivity index (χ0n) is 9.32. The molecular formula is C11H18N2O3. The van der Waals surface area contributed by atoms with Crippen molar-refractivity contribution in [2.45, 2.75) is 44.2 Å². The first-order valence-corrected chi connectivity index (χ1v) is 5.97. The van der Waals surface area contributed by atoms with Crippen molar-refractivity contribution in [3.8, 4) is 0 Å². The fraction of sp³-hybridized carbons (Fsp3) is 0.818. The molecule has 2 atom stereocenters. The number of nitrogens with one attached hydrogen (secondary N) is 1. The van der Waals surface area contributed by atoms with Gasteiger partial charge < -0.3 is 15.3 Å². The Morgan fingerprint density at radius 3 is 2.62 bits per heavy atom. The maximum Gasteiger partial charge on any atom is 0.326 e. The van der Waals surface area contributed by atoms with Crippen molar-refractivity contribution in [1.82, 2.24) is 10.2 Å². The van der Waals surface area contributed by atoms with E-state index in [4.69, 9.17) is 5.11 Å². The van der Waals surface area contributed by atoms with Gasteiger partial charge in [-0.1, -0.05) is 6.42 Å². The van der Waals surface area contributed by atoms with Crippen LogP contribution in [0.15, 0.2) is 0 Å². The van der Waals surface area contributed by atoms with Crippen LogP contribution in [0.1, 0.15) is 32.1 Å². The Kier molecular flexibility index (Phi) is 3.43. The Morgan fingerprint density at radius 1 is 1.19 bits per heavy atom. The Bertz CT molecular complexity index is 287. The van der Waals surface area contributed by atoms with E-state index in [-0.39, 0.29) is 11.9 Å². The first kappa shape index (κ1) is 11.4. The maximum atomic E-state index is 12.1. The molecule has 0 radical (unpaired) electrons. The summed E-state index contributed by atoms with van der Waals surface area (Å²) < 4.78 is 0. The lowest BCUT2D eigenvalue weighted by molar-refractivity contribution is -0.149. The number of carboxylic acids is 1. The SMILES string of the molecule is O=C(O)[C@H]1CCCN1C(=O)[C@@H]1CCCCN1. The number of aliphatic carboxylic acids is 1. The number of carbonyl (C=O) groups excluding carboxylic acids is 1. The smallest absolute Gasteiger partial charge is 0.326 e. The Morgan fingerprint density at radius 2 is 2.00 bits per heavy atom. The highest BCUT2D eigenvalue weighted by Crippen LogP contribution is 2.20. The molecule has 1 amide bonds. The van der Waals surface area contributed by atoms with Gasteiger partial charge in [0.25, 0.3) is 0 Å². The van der Waals surface area contributed by atoms with Crippen LogP contribution in [0.2, 0.25) is 0 Å². The van der Waals surface area contributed by atoms with Gasteiger partial charge >= 0.3 is 5.97 Å². The molecule has 90 valence electrons. The van der Waals surface area contributed by atoms with E-state index >= 15 is 0 Å². The van der Waals surface area contributed by atoms with Crippen molar-refractivity contribution < 1.29 is 14.7 Å². The monoisotopic (exact) mass is 226 g/mol. The van der Waals surface area contributed by atoms with E-state index in [1.807, 2.05) is 0 Å². The molecule has 2 N–H and O–H groups in total. The molecule has 0 saturated carbocycles. The lowest BCUT2D eigenvalue weighted by Crippen LogP contribution is -2.51. The summed E-state index contributed by atoms with van der Waals surface area (Å²) in [6, 6.07) is -0.759. The summed E-state index contributed by atoms with van der Waals surface area (Å²) in [5.41, 5.74) is 0. The number of hydrogen-bond donors (Lipinski definition) is 2. The van der Waals surface area contributed by atoms with Crippen LogP contribution in [0, 0.1) is 0 Å². The van der Waals surface area contributed by atoms with Crippen molar-refractivity contribution in [3.63, 3.8) is 0 Å². The van der Waals surface area contributed by atoms with E-state index in [9.17, 15) is 9.59 Å². The van der Waals surface area contributed by atoms with E-state index < -0.39 is 12.0 Å². The molecule has 2 aliphatic heterocycles. The molecule has 5 nitrogen and oxygen atoms in total. The molecule has 0 spiro atoms. The lowest BCUT2D eigenvalue weighted by Gasteiger charge is -2.29. The van der Waals surface area contributed by atoms with Crippen molar-refractivity contribution in [1.29, 1.82) is 0 Å². The zero-order valence-corrected chi connectivity index (χ0v) is 9.32. The minimum atomic E-state index is -0.873. The van der Waals surface area contributed by atoms with Crippen molar-refractivity contribution in [2.24, 2.45) is 0 Å². The number of hydrogen-bond acceptors (Lipinski definition) is 3. The fourth-order valence-electron chi connectivity index (χ4n) is 2.55. The number of carbonyl (C=O) groups is 2. The van der Waals surface area contributed by atoms with Gasteiger partial charge in [0, 0.05) is 6.54 Å². The average Bonchev–Trinajstić information content (AvgIpc) is 2.78. The second-order valence-electron chi connectivity index (χ2n) is 4.53. The molecule has 2 saturated heterocycles. The van der Waals surface area contributed by atoms with E-state index in [1.54, 1.807) is 0 Å². The molecule has 0 aromatic heterocycles. The third-order valence-corrected chi connectivity index (χ3v) is 3.43. The topological polar surface area (TPSA) is 69.6 Å². The van der Waals surface area contributed by atoms with Gasteiger partial charge in [0.1, 0.15) is 6.04 Å². The number of amides is 1. The number of carboxylic acid groups (broad SMARTS) is 1. The predicted molar refractivity (Wildman–Crippen MR) is 58.0 cm³/mol. The fourth-order valence-corrected chi connectivity index (χ4v) is 2.55. The van der Waals surface area contributed by atoms with E-state index in [0.717, 1.165) is 32.2 Å². The Balaban J connectivity index is 1.99. The summed E-state index contributed by atoms with van der Waals surface area (Å²) in [4.78, 5) is 24.6. The van der Waals surface area contributed by atoms with Crippen molar-refractivity contribution in [3.05, 3.63) is 0 Å². The predicted octanol–water partition coefficient (Wildman–Crippen LogP) is 0.204. The van der Waals surface area contributed by atoms with Crippen LogP contribution in [0.5, 0.6) is 0 Å². The largest absolute Gasteiger partial charge is 0.480 e. The van der Waals surface area contributed by atoms with Crippen molar-refractivity contribution >= 4 is 11.9 Å². The van der Waals surface area contributed by atoms with Gasteiger partial charge in [0.15, 0.2) is 0 Å². The molecule has 16 heavy (non-hydrogen) atoms. The van der Waals surface area contributed by atoms with Crippen LogP contribution in [-0.2, 0) is 9.59 Å². The molecule has 2 heterocycles. The highest BCUT2D eigenvalue weighted by atomic mass is 16.4. The van der Waals surface area contributed by atoms with Gasteiger partial charge in [-0.25, -0.2) is 4.79 Å². The number of piperidine rings is 1. The van der Waals surface area contributed by atoms with E-state index in [1.165, 1.54) is 4.90 Å². The molecule has 0 bridgehead atoms. The number of nitrogens with zero attached hydrogens (tertiary/aromatic N) is 1. The molecule has 5 heteroatoms. The van der Waals surface area contributed by atoms with Crippen LogP contribution in [0.4, 0.5) is 0 Å². The first-order chi connectivity index (χ1) is 7.70. The van der Waals surface area contributed by atoms with Crippen LogP contribution >= 0.6 is 0 Å².